The van der Waals surface area contributed by atoms with Crippen LogP contribution in [0.25, 0.3) is 0 Å². The molecular formula is C21H30N4O2S. The number of carbonyl (C=O) groups excluding carboxylic acids is 1. The van der Waals surface area contributed by atoms with Crippen LogP contribution in [0.1, 0.15) is 66.8 Å². The number of rotatable bonds is 9. The molecule has 1 N–H and O–H groups in total. The number of thioether (sulfide) groups is 1. The van der Waals surface area contributed by atoms with Crippen LogP contribution in [-0.4, -0.2) is 40.1 Å². The van der Waals surface area contributed by atoms with Gasteiger partial charge in [-0.3, -0.25) is 4.79 Å². The van der Waals surface area contributed by atoms with Crippen molar-refractivity contribution in [3.05, 3.63) is 35.2 Å². The Labute approximate surface area is 171 Å². The van der Waals surface area contributed by atoms with Crippen molar-refractivity contribution < 1.29 is 9.53 Å². The van der Waals surface area contributed by atoms with E-state index in [1.807, 2.05) is 32.0 Å². The van der Waals surface area contributed by atoms with E-state index >= 15 is 0 Å². The van der Waals surface area contributed by atoms with Crippen LogP contribution in [0.15, 0.2) is 23.4 Å². The van der Waals surface area contributed by atoms with Crippen LogP contribution in [-0.2, 0) is 6.42 Å². The van der Waals surface area contributed by atoms with Gasteiger partial charge in [-0.15, -0.1) is 10.2 Å². The van der Waals surface area contributed by atoms with Gasteiger partial charge >= 0.3 is 0 Å². The Hall–Kier alpha value is -2.02. The SMILES string of the molecule is CCOc1ccc(C(=O)NCCCc2nnc(SC)n2C2CCCC2)cc1C. The molecule has 1 heterocycles. The number of benzene rings is 1. The molecule has 0 unspecified atom stereocenters. The number of hydrogen-bond acceptors (Lipinski definition) is 5. The Balaban J connectivity index is 1.53. The van der Waals surface area contributed by atoms with E-state index in [4.69, 9.17) is 4.74 Å². The summed E-state index contributed by atoms with van der Waals surface area (Å²) in [6, 6.07) is 6.09. The summed E-state index contributed by atoms with van der Waals surface area (Å²) in [5, 5.41) is 12.8. The second kappa shape index (κ2) is 9.96. The molecule has 1 amide bonds. The van der Waals surface area contributed by atoms with Gasteiger partial charge < -0.3 is 14.6 Å². The van der Waals surface area contributed by atoms with Gasteiger partial charge in [0, 0.05) is 24.6 Å². The van der Waals surface area contributed by atoms with E-state index in [2.05, 4.69) is 26.3 Å². The second-order valence-electron chi connectivity index (χ2n) is 7.18. The molecule has 7 heteroatoms. The van der Waals surface area contributed by atoms with Gasteiger partial charge in [0.2, 0.25) is 0 Å². The van der Waals surface area contributed by atoms with E-state index in [0.717, 1.165) is 35.1 Å². The van der Waals surface area contributed by atoms with Crippen LogP contribution in [0.3, 0.4) is 0 Å². The first kappa shape index (κ1) is 20.7. The summed E-state index contributed by atoms with van der Waals surface area (Å²) in [6.45, 7) is 5.16. The molecular weight excluding hydrogens is 372 g/mol. The molecule has 0 aliphatic heterocycles. The van der Waals surface area contributed by atoms with Crippen LogP contribution in [0.5, 0.6) is 5.75 Å². The number of ether oxygens (including phenoxy) is 1. The van der Waals surface area contributed by atoms with Gasteiger partial charge in [0.15, 0.2) is 5.16 Å². The van der Waals surface area contributed by atoms with Crippen LogP contribution in [0.2, 0.25) is 0 Å². The molecule has 1 aliphatic carbocycles. The van der Waals surface area contributed by atoms with Gasteiger partial charge in [-0.25, -0.2) is 0 Å². The predicted molar refractivity (Wildman–Crippen MR) is 112 cm³/mol. The minimum Gasteiger partial charge on any atom is -0.494 e. The quantitative estimate of drug-likeness (QED) is 0.503. The molecule has 1 aliphatic rings. The van der Waals surface area contributed by atoms with Gasteiger partial charge in [0.25, 0.3) is 5.91 Å². The predicted octanol–water partition coefficient (Wildman–Crippen LogP) is 4.18. The molecule has 1 saturated carbocycles. The second-order valence-corrected chi connectivity index (χ2v) is 7.96. The number of nitrogens with one attached hydrogen (secondary N) is 1. The van der Waals surface area contributed by atoms with E-state index in [9.17, 15) is 4.79 Å². The van der Waals surface area contributed by atoms with Crippen molar-refractivity contribution >= 4 is 17.7 Å². The zero-order valence-electron chi connectivity index (χ0n) is 17.0. The van der Waals surface area contributed by atoms with Crippen molar-refractivity contribution in [3.63, 3.8) is 0 Å². The fraction of sp³-hybridized carbons (Fsp3) is 0.571. The van der Waals surface area contributed by atoms with Crippen LogP contribution in [0.4, 0.5) is 0 Å². The van der Waals surface area contributed by atoms with Gasteiger partial charge in [-0.2, -0.15) is 0 Å². The molecule has 0 spiro atoms. The van der Waals surface area contributed by atoms with E-state index in [1.165, 1.54) is 25.7 Å². The third-order valence-corrected chi connectivity index (χ3v) is 5.85. The van der Waals surface area contributed by atoms with E-state index in [0.29, 0.717) is 24.8 Å². The average Bonchev–Trinajstić information content (AvgIpc) is 3.35. The molecule has 3 rings (SSSR count). The molecule has 2 aromatic rings. The summed E-state index contributed by atoms with van der Waals surface area (Å²) in [6.07, 6.45) is 8.73. The molecule has 152 valence electrons. The summed E-state index contributed by atoms with van der Waals surface area (Å²) in [5.41, 5.74) is 1.64. The molecule has 0 radical (unpaired) electrons. The number of aromatic nitrogens is 3. The number of nitrogens with zero attached hydrogens (tertiary/aromatic N) is 3. The summed E-state index contributed by atoms with van der Waals surface area (Å²) in [7, 11) is 0. The lowest BCUT2D eigenvalue weighted by molar-refractivity contribution is 0.0953. The molecule has 1 fully saturated rings. The molecule has 0 atom stereocenters. The highest BCUT2D eigenvalue weighted by Gasteiger charge is 2.23. The Morgan fingerprint density at radius 3 is 2.79 bits per heavy atom. The van der Waals surface area contributed by atoms with Crippen molar-refractivity contribution in [2.45, 2.75) is 63.6 Å². The van der Waals surface area contributed by atoms with E-state index in [1.54, 1.807) is 11.8 Å². The van der Waals surface area contributed by atoms with Crippen molar-refractivity contribution in [2.75, 3.05) is 19.4 Å². The highest BCUT2D eigenvalue weighted by Crippen LogP contribution is 2.33. The van der Waals surface area contributed by atoms with Crippen LogP contribution in [0, 0.1) is 6.92 Å². The first-order valence-electron chi connectivity index (χ1n) is 10.1. The molecule has 28 heavy (non-hydrogen) atoms. The van der Waals surface area contributed by atoms with Crippen molar-refractivity contribution in [1.29, 1.82) is 0 Å². The topological polar surface area (TPSA) is 69.0 Å². The maximum atomic E-state index is 12.4. The van der Waals surface area contributed by atoms with Gasteiger partial charge in [-0.1, -0.05) is 24.6 Å². The fourth-order valence-corrected chi connectivity index (χ4v) is 4.38. The number of carbonyl (C=O) groups is 1. The van der Waals surface area contributed by atoms with Crippen molar-refractivity contribution in [3.8, 4) is 5.75 Å². The largest absolute Gasteiger partial charge is 0.494 e. The maximum Gasteiger partial charge on any atom is 0.251 e. The van der Waals surface area contributed by atoms with Crippen LogP contribution >= 0.6 is 11.8 Å². The number of hydrogen-bond donors (Lipinski definition) is 1. The lowest BCUT2D eigenvalue weighted by atomic mass is 10.1. The molecule has 1 aromatic heterocycles. The highest BCUT2D eigenvalue weighted by molar-refractivity contribution is 7.98. The molecule has 0 bridgehead atoms. The average molecular weight is 403 g/mol. The minimum atomic E-state index is -0.0480. The smallest absolute Gasteiger partial charge is 0.251 e. The number of aryl methyl sites for hydroxylation is 2. The normalized spacial score (nSPS) is 14.4. The standard InChI is InChI=1S/C21H30N4O2S/c1-4-27-18-12-11-16(14-15(18)2)20(26)22-13-7-10-19-23-24-21(28-3)25(19)17-8-5-6-9-17/h11-12,14,17H,4-10,13H2,1-3H3,(H,22,26). The Kier molecular flexibility index (Phi) is 7.36. The van der Waals surface area contributed by atoms with Gasteiger partial charge in [-0.05, 0) is 63.1 Å². The first-order valence-corrected chi connectivity index (χ1v) is 11.4. The lowest BCUT2D eigenvalue weighted by Crippen LogP contribution is -2.25. The maximum absolute atomic E-state index is 12.4. The summed E-state index contributed by atoms with van der Waals surface area (Å²) >= 11 is 1.66. The van der Waals surface area contributed by atoms with Gasteiger partial charge in [0.1, 0.15) is 11.6 Å². The van der Waals surface area contributed by atoms with Crippen molar-refractivity contribution in [1.82, 2.24) is 20.1 Å². The van der Waals surface area contributed by atoms with Crippen LogP contribution < -0.4 is 10.1 Å². The zero-order chi connectivity index (χ0) is 19.9. The summed E-state index contributed by atoms with van der Waals surface area (Å²) in [4.78, 5) is 12.4. The summed E-state index contributed by atoms with van der Waals surface area (Å²) < 4.78 is 7.86. The van der Waals surface area contributed by atoms with Gasteiger partial charge in [0.05, 0.1) is 6.61 Å². The van der Waals surface area contributed by atoms with E-state index < -0.39 is 0 Å². The van der Waals surface area contributed by atoms with Crippen molar-refractivity contribution in [2.24, 2.45) is 0 Å². The fourth-order valence-electron chi connectivity index (χ4n) is 3.80. The Morgan fingerprint density at radius 1 is 1.32 bits per heavy atom. The van der Waals surface area contributed by atoms with E-state index in [-0.39, 0.29) is 5.91 Å². The molecule has 1 aromatic carbocycles. The third-order valence-electron chi connectivity index (χ3n) is 5.21. The Bertz CT molecular complexity index is 800. The summed E-state index contributed by atoms with van der Waals surface area (Å²) in [5.74, 6) is 1.82. The minimum absolute atomic E-state index is 0.0480. The zero-order valence-corrected chi connectivity index (χ0v) is 17.8. The first-order chi connectivity index (χ1) is 13.6. The Morgan fingerprint density at radius 2 is 2.11 bits per heavy atom. The number of amides is 1. The highest BCUT2D eigenvalue weighted by atomic mass is 32.2. The lowest BCUT2D eigenvalue weighted by Gasteiger charge is -2.16. The third kappa shape index (κ3) is 4.87. The monoisotopic (exact) mass is 402 g/mol. The molecule has 6 nitrogen and oxygen atoms in total. The molecule has 0 saturated heterocycles.